The van der Waals surface area contributed by atoms with Crippen LogP contribution in [0.3, 0.4) is 0 Å². The van der Waals surface area contributed by atoms with Gasteiger partial charge >= 0.3 is 0 Å². The average molecular weight is 383 g/mol. The van der Waals surface area contributed by atoms with E-state index in [4.69, 9.17) is 4.74 Å². The topological polar surface area (TPSA) is 116 Å². The summed E-state index contributed by atoms with van der Waals surface area (Å²) in [5.41, 5.74) is 0.537. The Bertz CT molecular complexity index is 991. The summed E-state index contributed by atoms with van der Waals surface area (Å²) < 4.78 is 5.43. The van der Waals surface area contributed by atoms with Crippen LogP contribution < -0.4 is 10.1 Å². The molecule has 0 spiro atoms. The highest BCUT2D eigenvalue weighted by Crippen LogP contribution is 2.45. The Morgan fingerprint density at radius 3 is 2.46 bits per heavy atom. The van der Waals surface area contributed by atoms with Gasteiger partial charge < -0.3 is 25.4 Å². The van der Waals surface area contributed by atoms with Gasteiger partial charge in [-0.2, -0.15) is 0 Å². The molecule has 146 valence electrons. The van der Waals surface area contributed by atoms with Crippen LogP contribution >= 0.6 is 0 Å². The molecule has 28 heavy (non-hydrogen) atoms. The van der Waals surface area contributed by atoms with Gasteiger partial charge in [-0.05, 0) is 43.1 Å². The lowest BCUT2D eigenvalue weighted by molar-refractivity contribution is 0.0973. The maximum Gasteiger partial charge on any atom is 0.201 e. The Hall–Kier alpha value is -2.90. The van der Waals surface area contributed by atoms with Gasteiger partial charge in [-0.1, -0.05) is 6.42 Å². The van der Waals surface area contributed by atoms with Gasteiger partial charge in [-0.15, -0.1) is 0 Å². The molecule has 7 heteroatoms. The molecule has 4 N–H and O–H groups in total. The number of carbonyl (C=O) groups is 2. The van der Waals surface area contributed by atoms with Crippen molar-refractivity contribution in [3.63, 3.8) is 0 Å². The van der Waals surface area contributed by atoms with Gasteiger partial charge in [0.1, 0.15) is 17.2 Å². The molecule has 0 saturated carbocycles. The summed E-state index contributed by atoms with van der Waals surface area (Å²) in [5.74, 6) is -1.47. The molecule has 2 aromatic carbocycles. The fraction of sp³-hybridized carbons (Fsp3) is 0.333. The van der Waals surface area contributed by atoms with Gasteiger partial charge in [0.2, 0.25) is 5.78 Å². The van der Waals surface area contributed by atoms with E-state index in [0.717, 1.165) is 25.8 Å². The molecule has 4 rings (SSSR count). The molecule has 1 aliphatic heterocycles. The Morgan fingerprint density at radius 1 is 1.07 bits per heavy atom. The number of phenols is 2. The van der Waals surface area contributed by atoms with Crippen LogP contribution in [-0.2, 0) is 6.61 Å². The molecule has 1 atom stereocenters. The normalized spacial score (nSPS) is 18.6. The van der Waals surface area contributed by atoms with E-state index in [-0.39, 0.29) is 40.7 Å². The second kappa shape index (κ2) is 6.92. The van der Waals surface area contributed by atoms with Crippen LogP contribution in [0.4, 0.5) is 0 Å². The molecule has 0 bridgehead atoms. The molecule has 0 amide bonds. The van der Waals surface area contributed by atoms with E-state index in [1.807, 2.05) is 0 Å². The Morgan fingerprint density at radius 2 is 1.82 bits per heavy atom. The number of piperidine rings is 1. The van der Waals surface area contributed by atoms with Crippen LogP contribution in [0.5, 0.6) is 17.2 Å². The third-order valence-electron chi connectivity index (χ3n) is 5.48. The number of carbonyl (C=O) groups excluding carboxylic acids is 2. The molecule has 2 aromatic rings. The van der Waals surface area contributed by atoms with Crippen LogP contribution in [0.2, 0.25) is 0 Å². The summed E-state index contributed by atoms with van der Waals surface area (Å²) in [6.07, 6.45) is 2.76. The smallest absolute Gasteiger partial charge is 0.201 e. The molecule has 1 saturated heterocycles. The summed E-state index contributed by atoms with van der Waals surface area (Å²) in [6.45, 7) is 0.404. The minimum atomic E-state index is -0.621. The van der Waals surface area contributed by atoms with Crippen molar-refractivity contribution < 1.29 is 29.6 Å². The number of aliphatic hydroxyl groups excluding tert-OH is 1. The first-order valence-corrected chi connectivity index (χ1v) is 9.21. The summed E-state index contributed by atoms with van der Waals surface area (Å²) in [7, 11) is 1.45. The van der Waals surface area contributed by atoms with E-state index in [2.05, 4.69) is 5.32 Å². The van der Waals surface area contributed by atoms with E-state index in [9.17, 15) is 24.9 Å². The third kappa shape index (κ3) is 2.66. The lowest BCUT2D eigenvalue weighted by Gasteiger charge is -2.29. The van der Waals surface area contributed by atoms with Crippen LogP contribution in [-0.4, -0.2) is 40.5 Å². The number of nitrogens with one attached hydrogen (secondary N) is 1. The van der Waals surface area contributed by atoms with Gasteiger partial charge in [-0.25, -0.2) is 0 Å². The standard InChI is InChI=1S/C21H21NO6/c1-28-15-8-12-17(21(27)18(15)13-4-2-3-5-22-13)20(26)16-11(19(12)25)6-10(9-23)7-14(16)24/h6-8,13,22-24,27H,2-5,9H2,1H3. The van der Waals surface area contributed by atoms with Crippen LogP contribution in [0.1, 0.15) is 68.3 Å². The number of benzene rings is 2. The third-order valence-corrected chi connectivity index (χ3v) is 5.48. The van der Waals surface area contributed by atoms with Gasteiger partial charge in [0.25, 0.3) is 0 Å². The zero-order valence-corrected chi connectivity index (χ0v) is 15.4. The maximum atomic E-state index is 13.1. The number of aliphatic hydroxyl groups is 1. The maximum absolute atomic E-state index is 13.1. The van der Waals surface area contributed by atoms with Crippen molar-refractivity contribution >= 4 is 11.6 Å². The van der Waals surface area contributed by atoms with Crippen molar-refractivity contribution in [2.75, 3.05) is 13.7 Å². The Labute approximate surface area is 161 Å². The van der Waals surface area contributed by atoms with Crippen molar-refractivity contribution in [3.8, 4) is 17.2 Å². The lowest BCUT2D eigenvalue weighted by atomic mass is 9.80. The Balaban J connectivity index is 1.95. The largest absolute Gasteiger partial charge is 0.507 e. The summed E-state index contributed by atoms with van der Waals surface area (Å²) >= 11 is 0. The van der Waals surface area contributed by atoms with Crippen LogP contribution in [0, 0.1) is 0 Å². The van der Waals surface area contributed by atoms with Crippen LogP contribution in [0.15, 0.2) is 18.2 Å². The molecule has 2 aliphatic rings. The van der Waals surface area contributed by atoms with E-state index in [0.29, 0.717) is 16.9 Å². The molecular formula is C21H21NO6. The number of hydrogen-bond donors (Lipinski definition) is 4. The highest BCUT2D eigenvalue weighted by molar-refractivity contribution is 6.30. The number of aromatic hydroxyl groups is 2. The van der Waals surface area contributed by atoms with E-state index in [1.54, 1.807) is 0 Å². The van der Waals surface area contributed by atoms with Gasteiger partial charge in [0.05, 0.1) is 30.4 Å². The second-order valence-corrected chi connectivity index (χ2v) is 7.12. The summed E-state index contributed by atoms with van der Waals surface area (Å²) in [5, 5.41) is 33.9. The van der Waals surface area contributed by atoms with Gasteiger partial charge in [0, 0.05) is 17.2 Å². The minimum Gasteiger partial charge on any atom is -0.507 e. The predicted octanol–water partition coefficient (Wildman–Crippen LogP) is 2.19. The minimum absolute atomic E-state index is 0.00606. The molecule has 0 radical (unpaired) electrons. The second-order valence-electron chi connectivity index (χ2n) is 7.12. The monoisotopic (exact) mass is 383 g/mol. The molecular weight excluding hydrogens is 362 g/mol. The molecule has 7 nitrogen and oxygen atoms in total. The quantitative estimate of drug-likeness (QED) is 0.548. The van der Waals surface area contributed by atoms with Gasteiger partial charge in [0.15, 0.2) is 5.78 Å². The number of hydrogen-bond acceptors (Lipinski definition) is 7. The summed E-state index contributed by atoms with van der Waals surface area (Å²) in [4.78, 5) is 26.2. The molecule has 0 aromatic heterocycles. The van der Waals surface area contributed by atoms with E-state index in [1.165, 1.54) is 25.3 Å². The Kier molecular flexibility index (Phi) is 4.56. The van der Waals surface area contributed by atoms with Crippen molar-refractivity contribution in [2.45, 2.75) is 31.9 Å². The number of fused-ring (bicyclic) bond motifs is 2. The molecule has 1 heterocycles. The highest BCUT2D eigenvalue weighted by Gasteiger charge is 2.38. The zero-order chi connectivity index (χ0) is 20.0. The molecule has 1 unspecified atom stereocenters. The van der Waals surface area contributed by atoms with Crippen molar-refractivity contribution in [1.82, 2.24) is 5.32 Å². The number of rotatable bonds is 3. The number of phenolic OH excluding ortho intramolecular Hbond substituents is 2. The first-order chi connectivity index (χ1) is 13.5. The highest BCUT2D eigenvalue weighted by atomic mass is 16.5. The van der Waals surface area contributed by atoms with Crippen molar-refractivity contribution in [1.29, 1.82) is 0 Å². The van der Waals surface area contributed by atoms with E-state index >= 15 is 0 Å². The zero-order valence-electron chi connectivity index (χ0n) is 15.4. The number of ketones is 2. The van der Waals surface area contributed by atoms with E-state index < -0.39 is 17.3 Å². The van der Waals surface area contributed by atoms with Crippen molar-refractivity contribution in [3.05, 3.63) is 51.6 Å². The van der Waals surface area contributed by atoms with Crippen LogP contribution in [0.25, 0.3) is 0 Å². The fourth-order valence-corrected chi connectivity index (χ4v) is 4.14. The SMILES string of the molecule is COc1cc2c(c(O)c1C1CCCCN1)C(=O)c1c(O)cc(CO)cc1C2=O. The summed E-state index contributed by atoms with van der Waals surface area (Å²) in [6, 6.07) is 3.92. The molecule has 1 fully saturated rings. The first-order valence-electron chi connectivity index (χ1n) is 9.21. The number of ether oxygens (including phenoxy) is 1. The molecule has 1 aliphatic carbocycles. The van der Waals surface area contributed by atoms with Gasteiger partial charge in [-0.3, -0.25) is 9.59 Å². The predicted molar refractivity (Wildman–Crippen MR) is 100 cm³/mol. The van der Waals surface area contributed by atoms with Crippen molar-refractivity contribution in [2.24, 2.45) is 0 Å². The lowest BCUT2D eigenvalue weighted by Crippen LogP contribution is -2.29. The first kappa shape index (κ1) is 18.5. The number of methoxy groups -OCH3 is 1. The fourth-order valence-electron chi connectivity index (χ4n) is 4.14. The average Bonchev–Trinajstić information content (AvgIpc) is 2.71.